The van der Waals surface area contributed by atoms with Crippen molar-refractivity contribution in [3.63, 3.8) is 0 Å². The van der Waals surface area contributed by atoms with Gasteiger partial charge in [-0.1, -0.05) is 12.8 Å². The van der Waals surface area contributed by atoms with Crippen molar-refractivity contribution in [3.8, 4) is 0 Å². The van der Waals surface area contributed by atoms with Gasteiger partial charge in [0.1, 0.15) is 0 Å². The fourth-order valence-electron chi connectivity index (χ4n) is 3.69. The van der Waals surface area contributed by atoms with Crippen molar-refractivity contribution in [3.05, 3.63) is 0 Å². The molecule has 0 saturated heterocycles. The molecule has 2 aliphatic carbocycles. The fraction of sp³-hybridized carbons (Fsp3) is 0.909. The Morgan fingerprint density at radius 3 is 2.86 bits per heavy atom. The zero-order valence-electron chi connectivity index (χ0n) is 8.54. The van der Waals surface area contributed by atoms with Gasteiger partial charge in [-0.3, -0.25) is 4.79 Å². The van der Waals surface area contributed by atoms with E-state index in [9.17, 15) is 4.79 Å². The summed E-state index contributed by atoms with van der Waals surface area (Å²) in [4.78, 5) is 10.9. The third-order valence-corrected chi connectivity index (χ3v) is 4.37. The largest absolute Gasteiger partial charge is 0.481 e. The molecule has 0 spiro atoms. The Balaban J connectivity index is 2.15. The highest BCUT2D eigenvalue weighted by Crippen LogP contribution is 2.55. The van der Waals surface area contributed by atoms with Gasteiger partial charge in [-0.05, 0) is 43.1 Å². The van der Waals surface area contributed by atoms with E-state index in [1.54, 1.807) is 0 Å². The van der Waals surface area contributed by atoms with Gasteiger partial charge in [-0.25, -0.2) is 0 Å². The first-order valence-corrected chi connectivity index (χ1v) is 5.60. The Hall–Kier alpha value is -0.570. The Bertz CT molecular complexity index is 241. The average molecular weight is 197 g/mol. The topological polar surface area (TPSA) is 63.3 Å². The molecule has 14 heavy (non-hydrogen) atoms. The minimum atomic E-state index is -0.678. The van der Waals surface area contributed by atoms with E-state index < -0.39 is 5.97 Å². The number of hydrogen-bond acceptors (Lipinski definition) is 2. The Morgan fingerprint density at radius 2 is 2.21 bits per heavy atom. The number of fused-ring (bicyclic) bond motifs is 1. The fourth-order valence-corrected chi connectivity index (χ4v) is 3.69. The first-order valence-electron chi connectivity index (χ1n) is 5.60. The molecule has 0 radical (unpaired) electrons. The van der Waals surface area contributed by atoms with Crippen LogP contribution in [0.2, 0.25) is 0 Å². The zero-order chi connectivity index (χ0) is 10.2. The van der Waals surface area contributed by atoms with Crippen molar-refractivity contribution in [1.82, 2.24) is 0 Å². The summed E-state index contributed by atoms with van der Waals surface area (Å²) in [5.41, 5.74) is 5.75. The van der Waals surface area contributed by atoms with Crippen molar-refractivity contribution < 1.29 is 9.90 Å². The standard InChI is InChI=1S/C11H19NO2/c12-7-11(6-10(13)14)5-4-8-2-1-3-9(8)11/h8-9H,1-7,12H2,(H,13,14)/t8?,9?,11-/m1/s1. The molecule has 2 saturated carbocycles. The molecule has 2 aliphatic rings. The highest BCUT2D eigenvalue weighted by molar-refractivity contribution is 5.68. The van der Waals surface area contributed by atoms with E-state index in [0.29, 0.717) is 12.5 Å². The maximum atomic E-state index is 10.9. The maximum Gasteiger partial charge on any atom is 0.303 e. The summed E-state index contributed by atoms with van der Waals surface area (Å²) in [6, 6.07) is 0. The predicted molar refractivity (Wildman–Crippen MR) is 53.8 cm³/mol. The van der Waals surface area contributed by atoms with Crippen LogP contribution in [-0.2, 0) is 4.79 Å². The lowest BCUT2D eigenvalue weighted by atomic mass is 9.73. The van der Waals surface area contributed by atoms with E-state index in [-0.39, 0.29) is 11.8 Å². The molecule has 0 aliphatic heterocycles. The SMILES string of the molecule is NC[C@]1(CC(=O)O)CCC2CCCC21. The molecule has 0 bridgehead atoms. The van der Waals surface area contributed by atoms with E-state index in [4.69, 9.17) is 10.8 Å². The molecule has 2 rings (SSSR count). The lowest BCUT2D eigenvalue weighted by Gasteiger charge is -2.32. The van der Waals surface area contributed by atoms with Gasteiger partial charge in [-0.2, -0.15) is 0 Å². The molecular weight excluding hydrogens is 178 g/mol. The molecule has 0 aromatic heterocycles. The number of carboxylic acid groups (broad SMARTS) is 1. The van der Waals surface area contributed by atoms with Gasteiger partial charge in [0, 0.05) is 0 Å². The highest BCUT2D eigenvalue weighted by atomic mass is 16.4. The van der Waals surface area contributed by atoms with E-state index in [0.717, 1.165) is 12.3 Å². The van der Waals surface area contributed by atoms with E-state index >= 15 is 0 Å². The summed E-state index contributed by atoms with van der Waals surface area (Å²) < 4.78 is 0. The van der Waals surface area contributed by atoms with Crippen molar-refractivity contribution in [2.75, 3.05) is 6.54 Å². The van der Waals surface area contributed by atoms with Crippen LogP contribution in [0.4, 0.5) is 0 Å². The third-order valence-electron chi connectivity index (χ3n) is 4.37. The average Bonchev–Trinajstić information content (AvgIpc) is 2.68. The van der Waals surface area contributed by atoms with Crippen LogP contribution < -0.4 is 5.73 Å². The lowest BCUT2D eigenvalue weighted by Crippen LogP contribution is -2.36. The van der Waals surface area contributed by atoms with Crippen LogP contribution in [0.3, 0.4) is 0 Å². The number of hydrogen-bond donors (Lipinski definition) is 2. The summed E-state index contributed by atoms with van der Waals surface area (Å²) in [6.07, 6.45) is 6.29. The molecule has 3 N–H and O–H groups in total. The first-order chi connectivity index (χ1) is 6.68. The summed E-state index contributed by atoms with van der Waals surface area (Å²) in [5.74, 6) is 0.699. The molecule has 0 heterocycles. The van der Waals surface area contributed by atoms with Crippen LogP contribution in [0.15, 0.2) is 0 Å². The van der Waals surface area contributed by atoms with Crippen LogP contribution in [0.1, 0.15) is 38.5 Å². The minimum absolute atomic E-state index is 0.0625. The number of carboxylic acids is 1. The molecule has 0 aromatic rings. The zero-order valence-corrected chi connectivity index (χ0v) is 8.54. The van der Waals surface area contributed by atoms with Crippen molar-refractivity contribution in [1.29, 1.82) is 0 Å². The second-order valence-corrected chi connectivity index (χ2v) is 4.97. The Labute approximate surface area is 84.7 Å². The smallest absolute Gasteiger partial charge is 0.303 e. The molecular formula is C11H19NO2. The minimum Gasteiger partial charge on any atom is -0.481 e. The van der Waals surface area contributed by atoms with Gasteiger partial charge in [0.15, 0.2) is 0 Å². The van der Waals surface area contributed by atoms with Gasteiger partial charge < -0.3 is 10.8 Å². The van der Waals surface area contributed by atoms with Gasteiger partial charge in [0.05, 0.1) is 6.42 Å². The maximum absolute atomic E-state index is 10.9. The van der Waals surface area contributed by atoms with Crippen LogP contribution in [0.5, 0.6) is 0 Å². The van der Waals surface area contributed by atoms with Crippen LogP contribution in [-0.4, -0.2) is 17.6 Å². The molecule has 3 atom stereocenters. The molecule has 80 valence electrons. The van der Waals surface area contributed by atoms with Gasteiger partial charge in [-0.15, -0.1) is 0 Å². The summed E-state index contributed by atoms with van der Waals surface area (Å²) >= 11 is 0. The Kier molecular flexibility index (Phi) is 2.52. The van der Waals surface area contributed by atoms with Crippen molar-refractivity contribution in [2.45, 2.75) is 38.5 Å². The van der Waals surface area contributed by atoms with Crippen LogP contribution >= 0.6 is 0 Å². The van der Waals surface area contributed by atoms with E-state index in [2.05, 4.69) is 0 Å². The van der Waals surface area contributed by atoms with Crippen LogP contribution in [0, 0.1) is 17.3 Å². The van der Waals surface area contributed by atoms with E-state index in [1.165, 1.54) is 25.7 Å². The quantitative estimate of drug-likeness (QED) is 0.722. The number of carbonyl (C=O) groups is 1. The summed E-state index contributed by atoms with van der Waals surface area (Å²) in [5, 5.41) is 8.93. The van der Waals surface area contributed by atoms with Gasteiger partial charge >= 0.3 is 5.97 Å². The summed E-state index contributed by atoms with van der Waals surface area (Å²) in [7, 11) is 0. The van der Waals surface area contributed by atoms with Crippen molar-refractivity contribution >= 4 is 5.97 Å². The molecule has 2 unspecified atom stereocenters. The molecule has 3 nitrogen and oxygen atoms in total. The molecule has 2 fully saturated rings. The van der Waals surface area contributed by atoms with Crippen molar-refractivity contribution in [2.24, 2.45) is 23.0 Å². The van der Waals surface area contributed by atoms with E-state index in [1.807, 2.05) is 0 Å². The molecule has 0 amide bonds. The van der Waals surface area contributed by atoms with Gasteiger partial charge in [0.25, 0.3) is 0 Å². The predicted octanol–water partition coefficient (Wildman–Crippen LogP) is 1.62. The third kappa shape index (κ3) is 1.44. The monoisotopic (exact) mass is 197 g/mol. The molecule has 3 heteroatoms. The lowest BCUT2D eigenvalue weighted by molar-refractivity contribution is -0.140. The first kappa shape index (κ1) is 9.97. The number of nitrogens with two attached hydrogens (primary N) is 1. The van der Waals surface area contributed by atoms with Crippen LogP contribution in [0.25, 0.3) is 0 Å². The number of rotatable bonds is 3. The normalized spacial score (nSPS) is 41.2. The summed E-state index contributed by atoms with van der Waals surface area (Å²) in [6.45, 7) is 0.556. The second-order valence-electron chi connectivity index (χ2n) is 4.97. The Morgan fingerprint density at radius 1 is 1.43 bits per heavy atom. The number of aliphatic carboxylic acids is 1. The molecule has 0 aromatic carbocycles. The highest BCUT2D eigenvalue weighted by Gasteiger charge is 2.50. The van der Waals surface area contributed by atoms with Gasteiger partial charge in [0.2, 0.25) is 0 Å². The second kappa shape index (κ2) is 3.54.